The molecule has 4 N–H and O–H groups in total. The lowest BCUT2D eigenvalue weighted by Crippen LogP contribution is -2.47. The minimum atomic E-state index is -0.744. The molecule has 5 heteroatoms. The summed E-state index contributed by atoms with van der Waals surface area (Å²) in [7, 11) is 1.49. The predicted octanol–water partition coefficient (Wildman–Crippen LogP) is 0.922. The molecule has 1 amide bonds. The number of methoxy groups -OCH3 is 1. The molecule has 1 aliphatic rings. The number of nitrogen functional groups attached to an aromatic ring is 1. The van der Waals surface area contributed by atoms with Crippen LogP contribution in [0.1, 0.15) is 29.6 Å². The number of ether oxygens (including phenoxy) is 1. The molecule has 1 aliphatic carbocycles. The lowest BCUT2D eigenvalue weighted by atomic mass is 9.80. The molecule has 0 atom stereocenters. The van der Waals surface area contributed by atoms with Crippen LogP contribution in [0.2, 0.25) is 0 Å². The van der Waals surface area contributed by atoms with Crippen molar-refractivity contribution < 1.29 is 14.6 Å². The molecule has 0 unspecified atom stereocenters. The average molecular weight is 250 g/mol. The molecule has 0 heterocycles. The summed E-state index contributed by atoms with van der Waals surface area (Å²) in [6, 6.07) is 5.06. The van der Waals surface area contributed by atoms with Gasteiger partial charge in [-0.2, -0.15) is 0 Å². The van der Waals surface area contributed by atoms with Crippen molar-refractivity contribution in [2.24, 2.45) is 0 Å². The van der Waals surface area contributed by atoms with Crippen molar-refractivity contribution in [3.05, 3.63) is 23.8 Å². The van der Waals surface area contributed by atoms with E-state index in [0.717, 1.165) is 19.3 Å². The smallest absolute Gasteiger partial charge is 0.257 e. The molecule has 0 spiro atoms. The minimum absolute atomic E-state index is 0.253. The van der Waals surface area contributed by atoms with Crippen LogP contribution in [0.4, 0.5) is 5.69 Å². The zero-order chi connectivity index (χ0) is 13.2. The SMILES string of the molecule is COc1cccc(N)c1C(=O)NCC1(O)CCC1. The van der Waals surface area contributed by atoms with Crippen molar-refractivity contribution in [3.63, 3.8) is 0 Å². The molecule has 2 rings (SSSR count). The molecule has 1 saturated carbocycles. The summed E-state index contributed by atoms with van der Waals surface area (Å²) in [6.07, 6.45) is 2.46. The maximum absolute atomic E-state index is 12.0. The first kappa shape index (κ1) is 12.7. The number of nitrogens with two attached hydrogens (primary N) is 1. The lowest BCUT2D eigenvalue weighted by Gasteiger charge is -2.36. The standard InChI is InChI=1S/C13H18N2O3/c1-18-10-5-2-4-9(14)11(10)12(16)15-8-13(17)6-3-7-13/h2,4-5,17H,3,6-8,14H2,1H3,(H,15,16). The third kappa shape index (κ3) is 2.41. The van der Waals surface area contributed by atoms with Crippen LogP contribution in [0.15, 0.2) is 18.2 Å². The fourth-order valence-corrected chi connectivity index (χ4v) is 2.06. The minimum Gasteiger partial charge on any atom is -0.496 e. The summed E-state index contributed by atoms with van der Waals surface area (Å²) in [5.74, 6) is 0.123. The third-order valence-electron chi connectivity index (χ3n) is 3.37. The molecule has 98 valence electrons. The van der Waals surface area contributed by atoms with Crippen LogP contribution < -0.4 is 15.8 Å². The Morgan fingerprint density at radius 1 is 1.56 bits per heavy atom. The molecule has 1 aromatic rings. The van der Waals surface area contributed by atoms with E-state index in [1.54, 1.807) is 18.2 Å². The van der Waals surface area contributed by atoms with Crippen molar-refractivity contribution in [2.45, 2.75) is 24.9 Å². The average Bonchev–Trinajstić information content (AvgIpc) is 2.33. The Morgan fingerprint density at radius 3 is 2.83 bits per heavy atom. The fraction of sp³-hybridized carbons (Fsp3) is 0.462. The second kappa shape index (κ2) is 4.86. The Hall–Kier alpha value is -1.75. The highest BCUT2D eigenvalue weighted by atomic mass is 16.5. The number of hydrogen-bond acceptors (Lipinski definition) is 4. The number of rotatable bonds is 4. The van der Waals surface area contributed by atoms with Crippen LogP contribution in [0.25, 0.3) is 0 Å². The van der Waals surface area contributed by atoms with Crippen LogP contribution >= 0.6 is 0 Å². The summed E-state index contributed by atoms with van der Waals surface area (Å²) < 4.78 is 5.12. The summed E-state index contributed by atoms with van der Waals surface area (Å²) in [5, 5.41) is 12.6. The maximum atomic E-state index is 12.0. The predicted molar refractivity (Wildman–Crippen MR) is 68.5 cm³/mol. The van der Waals surface area contributed by atoms with Crippen molar-refractivity contribution in [2.75, 3.05) is 19.4 Å². The highest BCUT2D eigenvalue weighted by Crippen LogP contribution is 2.31. The Labute approximate surface area is 106 Å². The second-order valence-corrected chi connectivity index (χ2v) is 4.69. The molecule has 0 aromatic heterocycles. The van der Waals surface area contributed by atoms with E-state index < -0.39 is 5.60 Å². The van der Waals surface area contributed by atoms with Gasteiger partial charge in [-0.15, -0.1) is 0 Å². The quantitative estimate of drug-likeness (QED) is 0.694. The number of carbonyl (C=O) groups is 1. The molecular formula is C13H18N2O3. The van der Waals surface area contributed by atoms with Gasteiger partial charge in [-0.1, -0.05) is 6.07 Å². The topological polar surface area (TPSA) is 84.6 Å². The van der Waals surface area contributed by atoms with Crippen molar-refractivity contribution in [1.29, 1.82) is 0 Å². The van der Waals surface area contributed by atoms with Crippen molar-refractivity contribution in [1.82, 2.24) is 5.32 Å². The van der Waals surface area contributed by atoms with E-state index in [1.165, 1.54) is 7.11 Å². The van der Waals surface area contributed by atoms with Crippen LogP contribution in [-0.4, -0.2) is 30.3 Å². The van der Waals surface area contributed by atoms with E-state index >= 15 is 0 Å². The number of aliphatic hydroxyl groups is 1. The van der Waals surface area contributed by atoms with E-state index in [4.69, 9.17) is 10.5 Å². The number of carbonyl (C=O) groups excluding carboxylic acids is 1. The van der Waals surface area contributed by atoms with Gasteiger partial charge in [-0.05, 0) is 31.4 Å². The van der Waals surface area contributed by atoms with Crippen LogP contribution in [0, 0.1) is 0 Å². The zero-order valence-corrected chi connectivity index (χ0v) is 10.4. The van der Waals surface area contributed by atoms with Crippen LogP contribution in [0.3, 0.4) is 0 Å². The molecule has 0 bridgehead atoms. The maximum Gasteiger partial charge on any atom is 0.257 e. The Kier molecular flexibility index (Phi) is 3.43. The first-order valence-corrected chi connectivity index (χ1v) is 5.99. The van der Waals surface area contributed by atoms with Gasteiger partial charge in [0.15, 0.2) is 0 Å². The normalized spacial score (nSPS) is 16.8. The molecule has 0 aliphatic heterocycles. The number of anilines is 1. The van der Waals surface area contributed by atoms with Gasteiger partial charge in [-0.3, -0.25) is 4.79 Å². The summed E-state index contributed by atoms with van der Waals surface area (Å²) in [5.41, 5.74) is 5.73. The third-order valence-corrected chi connectivity index (χ3v) is 3.37. The van der Waals surface area contributed by atoms with Crippen LogP contribution in [-0.2, 0) is 0 Å². The summed E-state index contributed by atoms with van der Waals surface area (Å²) >= 11 is 0. The van der Waals surface area contributed by atoms with Crippen LogP contribution in [0.5, 0.6) is 5.75 Å². The molecule has 1 fully saturated rings. The molecule has 1 aromatic carbocycles. The first-order valence-electron chi connectivity index (χ1n) is 5.99. The van der Waals surface area contributed by atoms with Gasteiger partial charge in [-0.25, -0.2) is 0 Å². The van der Waals surface area contributed by atoms with E-state index in [9.17, 15) is 9.90 Å². The Morgan fingerprint density at radius 2 is 2.28 bits per heavy atom. The van der Waals surface area contributed by atoms with Gasteiger partial charge in [0.25, 0.3) is 5.91 Å². The fourth-order valence-electron chi connectivity index (χ4n) is 2.06. The van der Waals surface area contributed by atoms with Crippen molar-refractivity contribution in [3.8, 4) is 5.75 Å². The largest absolute Gasteiger partial charge is 0.496 e. The van der Waals surface area contributed by atoms with Gasteiger partial charge in [0.1, 0.15) is 11.3 Å². The number of benzene rings is 1. The Bertz CT molecular complexity index is 456. The van der Waals surface area contributed by atoms with Crippen molar-refractivity contribution >= 4 is 11.6 Å². The van der Waals surface area contributed by atoms with Gasteiger partial charge in [0.05, 0.1) is 12.7 Å². The molecule has 0 saturated heterocycles. The lowest BCUT2D eigenvalue weighted by molar-refractivity contribution is -0.0300. The number of amides is 1. The van der Waals surface area contributed by atoms with E-state index in [2.05, 4.69) is 5.32 Å². The summed E-state index contributed by atoms with van der Waals surface area (Å²) in [6.45, 7) is 0.253. The van der Waals surface area contributed by atoms with E-state index in [1.807, 2.05) is 0 Å². The van der Waals surface area contributed by atoms with E-state index in [0.29, 0.717) is 17.0 Å². The highest BCUT2D eigenvalue weighted by molar-refractivity contribution is 6.01. The number of hydrogen-bond donors (Lipinski definition) is 3. The number of nitrogens with one attached hydrogen (secondary N) is 1. The molecule has 0 radical (unpaired) electrons. The molecule has 5 nitrogen and oxygen atoms in total. The van der Waals surface area contributed by atoms with E-state index in [-0.39, 0.29) is 12.5 Å². The molecule has 18 heavy (non-hydrogen) atoms. The van der Waals surface area contributed by atoms with Gasteiger partial charge in [0.2, 0.25) is 0 Å². The first-order chi connectivity index (χ1) is 8.56. The summed E-state index contributed by atoms with van der Waals surface area (Å²) in [4.78, 5) is 12.0. The molecular weight excluding hydrogens is 232 g/mol. The highest BCUT2D eigenvalue weighted by Gasteiger charge is 2.34. The Balaban J connectivity index is 2.08. The second-order valence-electron chi connectivity index (χ2n) is 4.69. The van der Waals surface area contributed by atoms with Gasteiger partial charge < -0.3 is 20.9 Å². The van der Waals surface area contributed by atoms with Gasteiger partial charge in [0, 0.05) is 12.2 Å². The zero-order valence-electron chi connectivity index (χ0n) is 10.4. The van der Waals surface area contributed by atoms with Gasteiger partial charge >= 0.3 is 0 Å². The monoisotopic (exact) mass is 250 g/mol.